The highest BCUT2D eigenvalue weighted by molar-refractivity contribution is 7.07. The second kappa shape index (κ2) is 8.68. The molecule has 2 aromatic rings. The van der Waals surface area contributed by atoms with Gasteiger partial charge < -0.3 is 5.32 Å². The van der Waals surface area contributed by atoms with Crippen LogP contribution < -0.4 is 5.32 Å². The summed E-state index contributed by atoms with van der Waals surface area (Å²) in [6.07, 6.45) is 8.02. The maximum absolute atomic E-state index is 4.35. The first kappa shape index (κ1) is 19.7. The van der Waals surface area contributed by atoms with Crippen molar-refractivity contribution in [2.45, 2.75) is 38.4 Å². The highest BCUT2D eigenvalue weighted by atomic mass is 35.5. The Bertz CT molecular complexity index is 582. The molecular weight excluding hydrogens is 363 g/mol. The van der Waals surface area contributed by atoms with Crippen LogP contribution in [0.2, 0.25) is 0 Å². The molecule has 2 fully saturated rings. The molecule has 1 saturated heterocycles. The van der Waals surface area contributed by atoms with Gasteiger partial charge in [0.15, 0.2) is 0 Å². The lowest BCUT2D eigenvalue weighted by molar-refractivity contribution is 0.187. The van der Waals surface area contributed by atoms with Crippen LogP contribution in [-0.2, 0) is 13.1 Å². The summed E-state index contributed by atoms with van der Waals surface area (Å²) < 4.78 is 2.05. The molecule has 3 heterocycles. The lowest BCUT2D eigenvalue weighted by atomic mass is 9.93. The fourth-order valence-corrected chi connectivity index (χ4v) is 4.59. The number of nitrogens with one attached hydrogen (secondary N) is 1. The van der Waals surface area contributed by atoms with Crippen LogP contribution in [0.3, 0.4) is 0 Å². The molecule has 1 spiro atoms. The van der Waals surface area contributed by atoms with Crippen molar-refractivity contribution < 1.29 is 0 Å². The molecule has 0 radical (unpaired) electrons. The van der Waals surface area contributed by atoms with Crippen LogP contribution in [-0.4, -0.2) is 40.4 Å². The van der Waals surface area contributed by atoms with E-state index in [0.29, 0.717) is 5.41 Å². The molecular formula is C17H26Cl2N4S. The van der Waals surface area contributed by atoms with E-state index in [9.17, 15) is 0 Å². The predicted octanol–water partition coefficient (Wildman–Crippen LogP) is 3.43. The Hall–Kier alpha value is -0.590. The molecule has 1 aliphatic heterocycles. The minimum Gasteiger partial charge on any atom is -0.317 e. The summed E-state index contributed by atoms with van der Waals surface area (Å²) in [5.74, 6) is 0. The van der Waals surface area contributed by atoms with E-state index < -0.39 is 0 Å². The van der Waals surface area contributed by atoms with E-state index in [1.807, 2.05) is 12.3 Å². The van der Waals surface area contributed by atoms with E-state index in [4.69, 9.17) is 0 Å². The van der Waals surface area contributed by atoms with Crippen molar-refractivity contribution in [1.82, 2.24) is 20.0 Å². The Labute approximate surface area is 160 Å². The topological polar surface area (TPSA) is 33.1 Å². The van der Waals surface area contributed by atoms with Gasteiger partial charge in [0.1, 0.15) is 0 Å². The van der Waals surface area contributed by atoms with Gasteiger partial charge in [-0.1, -0.05) is 0 Å². The Kier molecular flexibility index (Phi) is 7.13. The largest absolute Gasteiger partial charge is 0.317 e. The lowest BCUT2D eigenvalue weighted by Crippen LogP contribution is -2.37. The van der Waals surface area contributed by atoms with Crippen molar-refractivity contribution in [3.8, 4) is 0 Å². The first-order chi connectivity index (χ1) is 10.9. The van der Waals surface area contributed by atoms with Crippen LogP contribution in [0.4, 0.5) is 0 Å². The maximum atomic E-state index is 4.35. The molecule has 24 heavy (non-hydrogen) atoms. The highest BCUT2D eigenvalue weighted by Crippen LogP contribution is 2.55. The van der Waals surface area contributed by atoms with Crippen LogP contribution in [0.1, 0.15) is 24.8 Å². The summed E-state index contributed by atoms with van der Waals surface area (Å²) in [6, 6.07) is 5.04. The maximum Gasteiger partial charge on any atom is 0.0536 e. The summed E-state index contributed by atoms with van der Waals surface area (Å²) >= 11 is 1.80. The van der Waals surface area contributed by atoms with Crippen molar-refractivity contribution in [1.29, 1.82) is 0 Å². The Balaban J connectivity index is 0.00000104. The molecule has 0 amide bonds. The van der Waals surface area contributed by atoms with Crippen molar-refractivity contribution in [3.05, 3.63) is 40.8 Å². The molecule has 134 valence electrons. The van der Waals surface area contributed by atoms with E-state index in [-0.39, 0.29) is 24.8 Å². The average molecular weight is 389 g/mol. The van der Waals surface area contributed by atoms with Gasteiger partial charge in [0.05, 0.1) is 6.54 Å². The zero-order valence-electron chi connectivity index (χ0n) is 13.8. The van der Waals surface area contributed by atoms with Gasteiger partial charge in [0.2, 0.25) is 0 Å². The van der Waals surface area contributed by atoms with Crippen LogP contribution in [0, 0.1) is 5.41 Å². The molecule has 2 aliphatic rings. The first-order valence-corrected chi connectivity index (χ1v) is 9.23. The number of nitrogens with zero attached hydrogens (tertiary/aromatic N) is 3. The second-order valence-electron chi connectivity index (χ2n) is 6.70. The molecule has 4 rings (SSSR count). The first-order valence-electron chi connectivity index (χ1n) is 8.29. The van der Waals surface area contributed by atoms with Gasteiger partial charge in [-0.15, -0.1) is 24.8 Å². The van der Waals surface area contributed by atoms with E-state index >= 15 is 0 Å². The standard InChI is InChI=1S/C17H24N4S.2ClH/c1-5-19-21(8-1)10-9-20(13-15-2-11-22-14-15)16-12-17(16)3-6-18-7-4-17;;/h1-2,5,8,11,14,16,18H,3-4,6-7,9-10,12-13H2;2*1H. The van der Waals surface area contributed by atoms with Crippen molar-refractivity contribution in [2.75, 3.05) is 19.6 Å². The summed E-state index contributed by atoms with van der Waals surface area (Å²) in [7, 11) is 0. The van der Waals surface area contributed by atoms with Gasteiger partial charge >= 0.3 is 0 Å². The average Bonchev–Trinajstić information content (AvgIpc) is 2.98. The number of hydrogen-bond acceptors (Lipinski definition) is 4. The Morgan fingerprint density at radius 2 is 2.17 bits per heavy atom. The number of thiophene rings is 1. The summed E-state index contributed by atoms with van der Waals surface area (Å²) in [5, 5.41) is 12.3. The predicted molar refractivity (Wildman–Crippen MR) is 104 cm³/mol. The number of piperidine rings is 1. The van der Waals surface area contributed by atoms with Crippen molar-refractivity contribution in [2.24, 2.45) is 5.41 Å². The molecule has 2 aromatic heterocycles. The molecule has 0 bridgehead atoms. The van der Waals surface area contributed by atoms with Crippen LogP contribution in [0.15, 0.2) is 35.3 Å². The second-order valence-corrected chi connectivity index (χ2v) is 7.48. The lowest BCUT2D eigenvalue weighted by Gasteiger charge is -2.29. The Morgan fingerprint density at radius 3 is 2.83 bits per heavy atom. The summed E-state index contributed by atoms with van der Waals surface area (Å²) in [4.78, 5) is 2.70. The molecule has 1 aliphatic carbocycles. The smallest absolute Gasteiger partial charge is 0.0536 e. The normalized spacial score (nSPS) is 21.3. The molecule has 1 atom stereocenters. The molecule has 1 N–H and O–H groups in total. The van der Waals surface area contributed by atoms with E-state index in [0.717, 1.165) is 25.7 Å². The van der Waals surface area contributed by atoms with Gasteiger partial charge in [-0.3, -0.25) is 9.58 Å². The minimum absolute atomic E-state index is 0. The van der Waals surface area contributed by atoms with Gasteiger partial charge in [-0.05, 0) is 66.2 Å². The van der Waals surface area contributed by atoms with Crippen LogP contribution in [0.25, 0.3) is 0 Å². The number of aromatic nitrogens is 2. The fourth-order valence-electron chi connectivity index (χ4n) is 3.93. The monoisotopic (exact) mass is 388 g/mol. The van der Waals surface area contributed by atoms with Gasteiger partial charge in [0.25, 0.3) is 0 Å². The quantitative estimate of drug-likeness (QED) is 0.822. The van der Waals surface area contributed by atoms with Crippen molar-refractivity contribution >= 4 is 36.2 Å². The molecule has 1 saturated carbocycles. The van der Waals surface area contributed by atoms with E-state index in [2.05, 4.69) is 43.0 Å². The highest BCUT2D eigenvalue weighted by Gasteiger charge is 2.56. The Morgan fingerprint density at radius 1 is 1.33 bits per heavy atom. The molecule has 7 heteroatoms. The molecule has 0 aromatic carbocycles. The third-order valence-electron chi connectivity index (χ3n) is 5.33. The fraction of sp³-hybridized carbons (Fsp3) is 0.588. The number of halogens is 2. The SMILES string of the molecule is Cl.Cl.c1cnn(CCN(Cc2ccsc2)C2CC23CCNCC3)c1. The van der Waals surface area contributed by atoms with Crippen LogP contribution in [0.5, 0.6) is 0 Å². The van der Waals surface area contributed by atoms with E-state index in [1.54, 1.807) is 11.3 Å². The van der Waals surface area contributed by atoms with Gasteiger partial charge in [-0.25, -0.2) is 0 Å². The van der Waals surface area contributed by atoms with Crippen molar-refractivity contribution in [3.63, 3.8) is 0 Å². The molecule has 1 unspecified atom stereocenters. The third kappa shape index (κ3) is 4.33. The summed E-state index contributed by atoms with van der Waals surface area (Å²) in [5.41, 5.74) is 2.06. The number of rotatable bonds is 6. The van der Waals surface area contributed by atoms with E-state index in [1.165, 1.54) is 37.9 Å². The zero-order chi connectivity index (χ0) is 14.8. The van der Waals surface area contributed by atoms with Crippen LogP contribution >= 0.6 is 36.2 Å². The summed E-state index contributed by atoms with van der Waals surface area (Å²) in [6.45, 7) is 5.56. The third-order valence-corrected chi connectivity index (χ3v) is 6.06. The van der Waals surface area contributed by atoms with Gasteiger partial charge in [-0.2, -0.15) is 16.4 Å². The van der Waals surface area contributed by atoms with Gasteiger partial charge in [0, 0.05) is 31.5 Å². The zero-order valence-corrected chi connectivity index (χ0v) is 16.2. The minimum atomic E-state index is 0. The number of hydrogen-bond donors (Lipinski definition) is 1. The molecule has 4 nitrogen and oxygen atoms in total.